The number of carbonyl (C=O) groups excluding carboxylic acids is 1. The summed E-state index contributed by atoms with van der Waals surface area (Å²) in [5.74, 6) is -0.128. The predicted molar refractivity (Wildman–Crippen MR) is 76.8 cm³/mol. The number of aromatic nitrogens is 2. The molecule has 2 aromatic heterocycles. The van der Waals surface area contributed by atoms with E-state index in [9.17, 15) is 4.79 Å². The molecule has 100 valence electrons. The number of anilines is 1. The third-order valence-electron chi connectivity index (χ3n) is 2.78. The van der Waals surface area contributed by atoms with E-state index in [0.717, 1.165) is 11.4 Å². The number of hydrogen-bond acceptors (Lipinski definition) is 5. The summed E-state index contributed by atoms with van der Waals surface area (Å²) in [6.07, 6.45) is 1.71. The summed E-state index contributed by atoms with van der Waals surface area (Å²) in [6.45, 7) is 3.89. The maximum absolute atomic E-state index is 12.0. The van der Waals surface area contributed by atoms with Gasteiger partial charge in [-0.1, -0.05) is 6.07 Å². The van der Waals surface area contributed by atoms with Gasteiger partial charge in [-0.05, 0) is 26.0 Å². The van der Waals surface area contributed by atoms with Crippen LogP contribution in [-0.4, -0.2) is 22.4 Å². The maximum Gasteiger partial charge on any atom is 0.233 e. The predicted octanol–water partition coefficient (Wildman–Crippen LogP) is 2.13. The minimum Gasteiger partial charge on any atom is -0.329 e. The topological polar surface area (TPSA) is 80.9 Å². The summed E-state index contributed by atoms with van der Waals surface area (Å²) in [5, 5.41) is 5.21. The molecule has 0 saturated heterocycles. The molecule has 0 aliphatic heterocycles. The third kappa shape index (κ3) is 3.15. The molecule has 0 atom stereocenters. The lowest BCUT2D eigenvalue weighted by atomic mass is 9.93. The van der Waals surface area contributed by atoms with Crippen molar-refractivity contribution >= 4 is 22.4 Å². The Balaban J connectivity index is 2.13. The van der Waals surface area contributed by atoms with Gasteiger partial charge in [0.05, 0.1) is 11.1 Å². The van der Waals surface area contributed by atoms with Crippen LogP contribution in [0, 0.1) is 5.41 Å². The molecule has 2 aromatic rings. The van der Waals surface area contributed by atoms with Crippen LogP contribution in [0.2, 0.25) is 0 Å². The van der Waals surface area contributed by atoms with E-state index in [2.05, 4.69) is 15.3 Å². The Hall–Kier alpha value is -1.79. The molecule has 2 rings (SSSR count). The first-order valence-corrected chi connectivity index (χ1v) is 6.79. The summed E-state index contributed by atoms with van der Waals surface area (Å²) in [4.78, 5) is 20.5. The summed E-state index contributed by atoms with van der Waals surface area (Å²) in [6, 6.07) is 5.63. The molecule has 0 radical (unpaired) electrons. The van der Waals surface area contributed by atoms with Gasteiger partial charge in [-0.3, -0.25) is 9.78 Å². The second kappa shape index (κ2) is 5.46. The largest absolute Gasteiger partial charge is 0.329 e. The van der Waals surface area contributed by atoms with E-state index in [1.807, 2.05) is 23.6 Å². The SMILES string of the molecule is CC(C)(CN)C(=O)Nc1nc(-c2ccccn2)cs1. The van der Waals surface area contributed by atoms with Crippen molar-refractivity contribution in [3.05, 3.63) is 29.8 Å². The number of carbonyl (C=O) groups is 1. The first-order chi connectivity index (χ1) is 9.03. The number of amides is 1. The minimum absolute atomic E-state index is 0.128. The van der Waals surface area contributed by atoms with Crippen LogP contribution in [0.15, 0.2) is 29.8 Å². The van der Waals surface area contributed by atoms with Crippen molar-refractivity contribution in [2.75, 3.05) is 11.9 Å². The van der Waals surface area contributed by atoms with Crippen LogP contribution in [0.25, 0.3) is 11.4 Å². The molecule has 0 spiro atoms. The fraction of sp³-hybridized carbons (Fsp3) is 0.308. The molecule has 19 heavy (non-hydrogen) atoms. The molecule has 3 N–H and O–H groups in total. The number of thiazole rings is 1. The lowest BCUT2D eigenvalue weighted by Crippen LogP contribution is -2.37. The van der Waals surface area contributed by atoms with Crippen molar-refractivity contribution in [2.45, 2.75) is 13.8 Å². The van der Waals surface area contributed by atoms with Crippen molar-refractivity contribution in [3.63, 3.8) is 0 Å². The van der Waals surface area contributed by atoms with Gasteiger partial charge in [0.2, 0.25) is 5.91 Å². The molecule has 1 amide bonds. The number of nitrogens with zero attached hydrogens (tertiary/aromatic N) is 2. The van der Waals surface area contributed by atoms with Crippen LogP contribution in [-0.2, 0) is 4.79 Å². The van der Waals surface area contributed by atoms with E-state index in [1.54, 1.807) is 20.0 Å². The maximum atomic E-state index is 12.0. The average molecular weight is 276 g/mol. The Labute approximate surface area is 115 Å². The van der Waals surface area contributed by atoms with Crippen molar-refractivity contribution in [1.29, 1.82) is 0 Å². The smallest absolute Gasteiger partial charge is 0.233 e. The first kappa shape index (κ1) is 13.6. The van der Waals surface area contributed by atoms with E-state index in [-0.39, 0.29) is 12.5 Å². The highest BCUT2D eigenvalue weighted by atomic mass is 32.1. The molecular formula is C13H16N4OS. The molecule has 5 nitrogen and oxygen atoms in total. The van der Waals surface area contributed by atoms with Gasteiger partial charge in [0.25, 0.3) is 0 Å². The molecule has 0 aliphatic carbocycles. The quantitative estimate of drug-likeness (QED) is 0.896. The van der Waals surface area contributed by atoms with E-state index in [0.29, 0.717) is 5.13 Å². The van der Waals surface area contributed by atoms with E-state index >= 15 is 0 Å². The first-order valence-electron chi connectivity index (χ1n) is 5.91. The highest BCUT2D eigenvalue weighted by Crippen LogP contribution is 2.24. The van der Waals surface area contributed by atoms with Gasteiger partial charge in [0.1, 0.15) is 5.69 Å². The number of nitrogens with one attached hydrogen (secondary N) is 1. The normalized spacial score (nSPS) is 11.3. The summed E-state index contributed by atoms with van der Waals surface area (Å²) in [5.41, 5.74) is 6.51. The molecule has 0 bridgehead atoms. The van der Waals surface area contributed by atoms with Crippen LogP contribution in [0.3, 0.4) is 0 Å². The number of nitrogens with two attached hydrogens (primary N) is 1. The summed E-state index contributed by atoms with van der Waals surface area (Å²) < 4.78 is 0. The van der Waals surface area contributed by atoms with Crippen LogP contribution in [0.1, 0.15) is 13.8 Å². The fourth-order valence-corrected chi connectivity index (χ4v) is 2.02. The second-order valence-electron chi connectivity index (χ2n) is 4.80. The highest BCUT2D eigenvalue weighted by molar-refractivity contribution is 7.14. The zero-order valence-electron chi connectivity index (χ0n) is 10.9. The van der Waals surface area contributed by atoms with Crippen LogP contribution < -0.4 is 11.1 Å². The molecule has 0 unspecified atom stereocenters. The highest BCUT2D eigenvalue weighted by Gasteiger charge is 2.26. The van der Waals surface area contributed by atoms with Gasteiger partial charge in [-0.25, -0.2) is 4.98 Å². The molecule has 0 aliphatic rings. The van der Waals surface area contributed by atoms with Gasteiger partial charge in [0, 0.05) is 18.1 Å². The zero-order valence-corrected chi connectivity index (χ0v) is 11.7. The summed E-state index contributed by atoms with van der Waals surface area (Å²) >= 11 is 1.38. The number of rotatable bonds is 4. The zero-order chi connectivity index (χ0) is 13.9. The van der Waals surface area contributed by atoms with Gasteiger partial charge in [-0.2, -0.15) is 0 Å². The van der Waals surface area contributed by atoms with Crippen molar-refractivity contribution < 1.29 is 4.79 Å². The van der Waals surface area contributed by atoms with Crippen molar-refractivity contribution in [1.82, 2.24) is 9.97 Å². The van der Waals surface area contributed by atoms with E-state index < -0.39 is 5.41 Å². The fourth-order valence-electron chi connectivity index (χ4n) is 1.32. The molecule has 2 heterocycles. The van der Waals surface area contributed by atoms with E-state index in [1.165, 1.54) is 11.3 Å². The second-order valence-corrected chi connectivity index (χ2v) is 5.65. The Morgan fingerprint density at radius 3 is 2.84 bits per heavy atom. The third-order valence-corrected chi connectivity index (χ3v) is 3.53. The van der Waals surface area contributed by atoms with Gasteiger partial charge >= 0.3 is 0 Å². The minimum atomic E-state index is -0.600. The molecule has 0 saturated carbocycles. The number of hydrogen-bond donors (Lipinski definition) is 2. The Morgan fingerprint density at radius 1 is 1.42 bits per heavy atom. The van der Waals surface area contributed by atoms with Gasteiger partial charge < -0.3 is 11.1 Å². The van der Waals surface area contributed by atoms with Crippen LogP contribution in [0.4, 0.5) is 5.13 Å². The lowest BCUT2D eigenvalue weighted by molar-refractivity contribution is -0.123. The lowest BCUT2D eigenvalue weighted by Gasteiger charge is -2.19. The summed E-state index contributed by atoms with van der Waals surface area (Å²) in [7, 11) is 0. The number of pyridine rings is 1. The van der Waals surface area contributed by atoms with Gasteiger partial charge in [0.15, 0.2) is 5.13 Å². The molecule has 0 fully saturated rings. The van der Waals surface area contributed by atoms with Crippen molar-refractivity contribution in [3.8, 4) is 11.4 Å². The average Bonchev–Trinajstić information content (AvgIpc) is 2.88. The molecule has 6 heteroatoms. The van der Waals surface area contributed by atoms with Crippen LogP contribution >= 0.6 is 11.3 Å². The standard InChI is InChI=1S/C13H16N4OS/c1-13(2,8-14)11(18)17-12-16-10(7-19-12)9-5-3-4-6-15-9/h3-7H,8,14H2,1-2H3,(H,16,17,18). The Bertz CT molecular complexity index is 565. The molecular weight excluding hydrogens is 260 g/mol. The van der Waals surface area contributed by atoms with Crippen LogP contribution in [0.5, 0.6) is 0 Å². The van der Waals surface area contributed by atoms with E-state index in [4.69, 9.17) is 5.73 Å². The monoisotopic (exact) mass is 276 g/mol. The van der Waals surface area contributed by atoms with Crippen molar-refractivity contribution in [2.24, 2.45) is 11.1 Å². The Kier molecular flexibility index (Phi) is 3.92. The van der Waals surface area contributed by atoms with Gasteiger partial charge in [-0.15, -0.1) is 11.3 Å². The Morgan fingerprint density at radius 2 is 2.21 bits per heavy atom. The molecule has 0 aromatic carbocycles.